The number of thiophene rings is 1. The van der Waals surface area contributed by atoms with Crippen LogP contribution < -0.4 is 11.1 Å². The van der Waals surface area contributed by atoms with Crippen molar-refractivity contribution in [2.45, 2.75) is 13.0 Å². The van der Waals surface area contributed by atoms with Gasteiger partial charge in [-0.3, -0.25) is 4.79 Å². The minimum atomic E-state index is -0.296. The number of rotatable bonds is 6. The van der Waals surface area contributed by atoms with Gasteiger partial charge in [-0.1, -0.05) is 5.16 Å². The molecule has 0 fully saturated rings. The molecule has 2 aromatic heterocycles. The van der Waals surface area contributed by atoms with E-state index in [1.54, 1.807) is 18.4 Å². The number of nitrogens with one attached hydrogen (secondary N) is 1. The monoisotopic (exact) mass is 293 g/mol. The van der Waals surface area contributed by atoms with E-state index in [9.17, 15) is 4.79 Å². The van der Waals surface area contributed by atoms with Gasteiger partial charge in [0, 0.05) is 10.9 Å². The molecule has 20 heavy (non-hydrogen) atoms. The van der Waals surface area contributed by atoms with Gasteiger partial charge in [-0.2, -0.15) is 11.3 Å². The lowest BCUT2D eigenvalue weighted by Crippen LogP contribution is -2.29. The van der Waals surface area contributed by atoms with Gasteiger partial charge in [0.25, 0.3) is 5.91 Å². The Kier molecular flexibility index (Phi) is 4.78. The maximum atomic E-state index is 11.6. The summed E-state index contributed by atoms with van der Waals surface area (Å²) in [6.07, 6.45) is 1.56. The van der Waals surface area contributed by atoms with Crippen LogP contribution in [0.1, 0.15) is 24.3 Å². The Labute approximate surface area is 120 Å². The van der Waals surface area contributed by atoms with Crippen molar-refractivity contribution in [3.63, 3.8) is 0 Å². The Bertz CT molecular complexity index is 564. The van der Waals surface area contributed by atoms with Crippen molar-refractivity contribution in [1.82, 2.24) is 5.32 Å². The van der Waals surface area contributed by atoms with Crippen molar-refractivity contribution < 1.29 is 14.0 Å². The van der Waals surface area contributed by atoms with Gasteiger partial charge in [-0.15, -0.1) is 0 Å². The van der Waals surface area contributed by atoms with Crippen molar-refractivity contribution in [1.29, 1.82) is 0 Å². The van der Waals surface area contributed by atoms with Crippen LogP contribution in [0.25, 0.3) is 0 Å². The number of carbonyl (C=O) groups excluding carboxylic acids is 1. The molecule has 0 bridgehead atoms. The van der Waals surface area contributed by atoms with Crippen LogP contribution in [-0.4, -0.2) is 18.3 Å². The van der Waals surface area contributed by atoms with Crippen molar-refractivity contribution >= 4 is 23.1 Å². The summed E-state index contributed by atoms with van der Waals surface area (Å²) in [5, 5.41) is 10.2. The third-order valence-corrected chi connectivity index (χ3v) is 3.21. The zero-order valence-corrected chi connectivity index (χ0v) is 11.7. The number of oxime groups is 1. The lowest BCUT2D eigenvalue weighted by Gasteiger charge is -2.10. The number of hydrogen-bond acceptors (Lipinski definition) is 5. The molecule has 0 saturated carbocycles. The van der Waals surface area contributed by atoms with E-state index in [2.05, 4.69) is 10.5 Å². The highest BCUT2D eigenvalue weighted by Crippen LogP contribution is 2.11. The fourth-order valence-electron chi connectivity index (χ4n) is 1.52. The number of furan rings is 1. The minimum Gasteiger partial charge on any atom is -0.467 e. The van der Waals surface area contributed by atoms with E-state index in [1.807, 2.05) is 23.8 Å². The predicted octanol–water partition coefficient (Wildman–Crippen LogP) is 1.86. The van der Waals surface area contributed by atoms with Gasteiger partial charge in [0.1, 0.15) is 5.76 Å². The summed E-state index contributed by atoms with van der Waals surface area (Å²) in [6.45, 7) is 1.62. The van der Waals surface area contributed by atoms with Gasteiger partial charge in [0.2, 0.25) is 0 Å². The first-order valence-electron chi connectivity index (χ1n) is 5.97. The third kappa shape index (κ3) is 3.86. The first-order chi connectivity index (χ1) is 9.66. The molecule has 7 heteroatoms. The van der Waals surface area contributed by atoms with Gasteiger partial charge in [-0.05, 0) is 30.5 Å². The van der Waals surface area contributed by atoms with Gasteiger partial charge in [0.15, 0.2) is 12.4 Å². The zero-order chi connectivity index (χ0) is 14.4. The molecule has 0 aromatic carbocycles. The molecule has 106 valence electrons. The summed E-state index contributed by atoms with van der Waals surface area (Å²) >= 11 is 1.51. The van der Waals surface area contributed by atoms with Crippen molar-refractivity contribution in [2.24, 2.45) is 10.9 Å². The molecule has 2 aromatic rings. The Balaban J connectivity index is 1.77. The summed E-state index contributed by atoms with van der Waals surface area (Å²) in [7, 11) is 0. The average molecular weight is 293 g/mol. The van der Waals surface area contributed by atoms with Gasteiger partial charge < -0.3 is 20.3 Å². The van der Waals surface area contributed by atoms with Crippen molar-refractivity contribution in [2.75, 3.05) is 6.61 Å². The van der Waals surface area contributed by atoms with E-state index in [1.165, 1.54) is 11.3 Å². The highest BCUT2D eigenvalue weighted by Gasteiger charge is 2.12. The molecule has 6 nitrogen and oxygen atoms in total. The van der Waals surface area contributed by atoms with Crippen LogP contribution in [0.15, 0.2) is 44.8 Å². The molecule has 2 heterocycles. The SMILES string of the molecule is CC(NC(=O)CO/N=C(\N)c1ccsc1)c1ccco1. The molecule has 0 aliphatic heterocycles. The van der Waals surface area contributed by atoms with Gasteiger partial charge in [0.05, 0.1) is 12.3 Å². The minimum absolute atomic E-state index is 0.199. The molecule has 0 spiro atoms. The van der Waals surface area contributed by atoms with Crippen LogP contribution in [0.2, 0.25) is 0 Å². The van der Waals surface area contributed by atoms with Crippen molar-refractivity contribution in [3.05, 3.63) is 46.5 Å². The molecule has 1 unspecified atom stereocenters. The molecule has 1 atom stereocenters. The molecule has 0 aliphatic rings. The van der Waals surface area contributed by atoms with Crippen LogP contribution >= 0.6 is 11.3 Å². The Hall–Kier alpha value is -2.28. The Morgan fingerprint density at radius 2 is 2.45 bits per heavy atom. The standard InChI is InChI=1S/C13H15N3O3S/c1-9(11-3-2-5-18-11)15-12(17)7-19-16-13(14)10-4-6-20-8-10/h2-6,8-9H,7H2,1H3,(H2,14,16)(H,15,17). The summed E-state index contributed by atoms with van der Waals surface area (Å²) in [6, 6.07) is 5.16. The largest absolute Gasteiger partial charge is 0.467 e. The molecule has 3 N–H and O–H groups in total. The number of amides is 1. The molecule has 1 amide bonds. The molecular weight excluding hydrogens is 278 g/mol. The number of carbonyl (C=O) groups is 1. The predicted molar refractivity (Wildman–Crippen MR) is 76.3 cm³/mol. The van der Waals surface area contributed by atoms with Crippen LogP contribution in [0.4, 0.5) is 0 Å². The number of nitrogens with two attached hydrogens (primary N) is 1. The summed E-state index contributed by atoms with van der Waals surface area (Å²) in [5.74, 6) is 0.633. The second kappa shape index (κ2) is 6.76. The summed E-state index contributed by atoms with van der Waals surface area (Å²) < 4.78 is 5.19. The number of amidine groups is 1. The van der Waals surface area contributed by atoms with Crippen LogP contribution in [0.5, 0.6) is 0 Å². The lowest BCUT2D eigenvalue weighted by atomic mass is 10.2. The van der Waals surface area contributed by atoms with E-state index in [0.717, 1.165) is 5.56 Å². The average Bonchev–Trinajstić information content (AvgIpc) is 3.12. The fraction of sp³-hybridized carbons (Fsp3) is 0.231. The third-order valence-electron chi connectivity index (χ3n) is 2.52. The summed E-state index contributed by atoms with van der Waals surface area (Å²) in [5.41, 5.74) is 6.47. The molecule has 0 saturated heterocycles. The normalized spacial score (nSPS) is 12.9. The van der Waals surface area contributed by atoms with Gasteiger partial charge in [-0.25, -0.2) is 0 Å². The van der Waals surface area contributed by atoms with E-state index < -0.39 is 0 Å². The van der Waals surface area contributed by atoms with E-state index >= 15 is 0 Å². The second-order valence-corrected chi connectivity index (χ2v) is 4.85. The molecule has 2 rings (SSSR count). The molecule has 0 aliphatic carbocycles. The first kappa shape index (κ1) is 14.1. The van der Waals surface area contributed by atoms with Crippen LogP contribution in [-0.2, 0) is 9.63 Å². The van der Waals surface area contributed by atoms with E-state index in [-0.39, 0.29) is 24.4 Å². The van der Waals surface area contributed by atoms with Crippen molar-refractivity contribution in [3.8, 4) is 0 Å². The lowest BCUT2D eigenvalue weighted by molar-refractivity contribution is -0.126. The second-order valence-electron chi connectivity index (χ2n) is 4.07. The number of hydrogen-bond donors (Lipinski definition) is 2. The zero-order valence-electron chi connectivity index (χ0n) is 10.9. The fourth-order valence-corrected chi connectivity index (χ4v) is 2.16. The maximum Gasteiger partial charge on any atom is 0.261 e. The van der Waals surface area contributed by atoms with Gasteiger partial charge >= 0.3 is 0 Å². The smallest absolute Gasteiger partial charge is 0.261 e. The van der Waals surface area contributed by atoms with Crippen LogP contribution in [0.3, 0.4) is 0 Å². The highest BCUT2D eigenvalue weighted by molar-refractivity contribution is 7.08. The number of nitrogens with zero attached hydrogens (tertiary/aromatic N) is 1. The topological polar surface area (TPSA) is 89.8 Å². The Morgan fingerprint density at radius 1 is 1.60 bits per heavy atom. The first-order valence-corrected chi connectivity index (χ1v) is 6.92. The van der Waals surface area contributed by atoms with E-state index in [4.69, 9.17) is 15.0 Å². The van der Waals surface area contributed by atoms with E-state index in [0.29, 0.717) is 5.76 Å². The molecular formula is C13H15N3O3S. The maximum absolute atomic E-state index is 11.6. The molecule has 0 radical (unpaired) electrons. The summed E-state index contributed by atoms with van der Waals surface area (Å²) in [4.78, 5) is 16.6. The quantitative estimate of drug-likeness (QED) is 0.483. The van der Waals surface area contributed by atoms with Crippen LogP contribution in [0, 0.1) is 0 Å². The Morgan fingerprint density at radius 3 is 3.10 bits per heavy atom. The highest BCUT2D eigenvalue weighted by atomic mass is 32.1.